The van der Waals surface area contributed by atoms with Crippen LogP contribution in [0.15, 0.2) is 12.1 Å². The molecular formula is C9H14N4. The van der Waals surface area contributed by atoms with Crippen LogP contribution in [0.4, 0.5) is 5.82 Å². The van der Waals surface area contributed by atoms with Crippen LogP contribution in [0.2, 0.25) is 0 Å². The largest absolute Gasteiger partial charge is 0.355 e. The molecule has 1 aliphatic heterocycles. The van der Waals surface area contributed by atoms with Crippen molar-refractivity contribution in [3.8, 4) is 0 Å². The average Bonchev–Trinajstić information content (AvgIpc) is 2.71. The minimum absolute atomic E-state index is 0.466. The van der Waals surface area contributed by atoms with E-state index in [2.05, 4.69) is 15.1 Å². The Hall–Kier alpha value is -1.16. The zero-order valence-electron chi connectivity index (χ0n) is 7.61. The summed E-state index contributed by atoms with van der Waals surface area (Å²) < 4.78 is 0. The first kappa shape index (κ1) is 8.44. The van der Waals surface area contributed by atoms with Crippen molar-refractivity contribution < 1.29 is 0 Å². The predicted octanol–water partition coefficient (Wildman–Crippen LogP) is 0.535. The summed E-state index contributed by atoms with van der Waals surface area (Å²) in [6.07, 6.45) is 2.53. The van der Waals surface area contributed by atoms with E-state index in [0.29, 0.717) is 6.54 Å². The van der Waals surface area contributed by atoms with Crippen LogP contribution in [-0.4, -0.2) is 23.3 Å². The standard InChI is InChI=1S/C9H14N4/c10-7-8-3-4-9(12-11-8)13-5-1-2-6-13/h3-4H,1-2,5-7,10H2. The Morgan fingerprint density at radius 3 is 2.54 bits per heavy atom. The average molecular weight is 178 g/mol. The van der Waals surface area contributed by atoms with Crippen LogP contribution in [0.1, 0.15) is 18.5 Å². The Kier molecular flexibility index (Phi) is 2.40. The van der Waals surface area contributed by atoms with Gasteiger partial charge in [-0.3, -0.25) is 0 Å². The Balaban J connectivity index is 2.12. The summed E-state index contributed by atoms with van der Waals surface area (Å²) in [5, 5.41) is 8.15. The molecule has 4 heteroatoms. The van der Waals surface area contributed by atoms with Gasteiger partial charge in [-0.15, -0.1) is 5.10 Å². The molecule has 1 fully saturated rings. The molecule has 0 aliphatic carbocycles. The summed E-state index contributed by atoms with van der Waals surface area (Å²) in [7, 11) is 0. The molecule has 1 saturated heterocycles. The van der Waals surface area contributed by atoms with Gasteiger partial charge < -0.3 is 10.6 Å². The van der Waals surface area contributed by atoms with Gasteiger partial charge in [-0.25, -0.2) is 0 Å². The minimum atomic E-state index is 0.466. The van der Waals surface area contributed by atoms with Crippen molar-refractivity contribution in [1.82, 2.24) is 10.2 Å². The van der Waals surface area contributed by atoms with E-state index in [4.69, 9.17) is 5.73 Å². The number of hydrogen-bond donors (Lipinski definition) is 1. The lowest BCUT2D eigenvalue weighted by atomic mass is 10.4. The number of anilines is 1. The smallest absolute Gasteiger partial charge is 0.151 e. The van der Waals surface area contributed by atoms with E-state index in [1.54, 1.807) is 0 Å². The van der Waals surface area contributed by atoms with Crippen molar-refractivity contribution >= 4 is 5.82 Å². The van der Waals surface area contributed by atoms with Crippen LogP contribution in [0.25, 0.3) is 0 Å². The third-order valence-electron chi connectivity index (χ3n) is 2.34. The van der Waals surface area contributed by atoms with Crippen LogP contribution in [-0.2, 0) is 6.54 Å². The van der Waals surface area contributed by atoms with Gasteiger partial charge in [0, 0.05) is 19.6 Å². The van der Waals surface area contributed by atoms with Crippen molar-refractivity contribution in [2.45, 2.75) is 19.4 Å². The SMILES string of the molecule is NCc1ccc(N2CCCC2)nn1. The summed E-state index contributed by atoms with van der Waals surface area (Å²) in [6, 6.07) is 3.95. The van der Waals surface area contributed by atoms with Crippen molar-refractivity contribution in [2.75, 3.05) is 18.0 Å². The van der Waals surface area contributed by atoms with Gasteiger partial charge in [0.1, 0.15) is 0 Å². The Labute approximate surface area is 77.8 Å². The molecule has 1 aliphatic rings. The molecule has 0 bridgehead atoms. The van der Waals surface area contributed by atoms with Gasteiger partial charge in [-0.05, 0) is 25.0 Å². The molecule has 13 heavy (non-hydrogen) atoms. The normalized spacial score (nSPS) is 16.5. The summed E-state index contributed by atoms with van der Waals surface area (Å²) in [5.41, 5.74) is 6.29. The summed E-state index contributed by atoms with van der Waals surface area (Å²) in [4.78, 5) is 2.26. The van der Waals surface area contributed by atoms with E-state index in [9.17, 15) is 0 Å². The molecule has 0 radical (unpaired) electrons. The maximum atomic E-state index is 5.44. The van der Waals surface area contributed by atoms with Crippen LogP contribution in [0.5, 0.6) is 0 Å². The fourth-order valence-electron chi connectivity index (χ4n) is 1.58. The Bertz CT molecular complexity index is 263. The molecule has 0 saturated carbocycles. The van der Waals surface area contributed by atoms with Crippen molar-refractivity contribution in [3.63, 3.8) is 0 Å². The third-order valence-corrected chi connectivity index (χ3v) is 2.34. The lowest BCUT2D eigenvalue weighted by Crippen LogP contribution is -2.19. The number of aromatic nitrogens is 2. The van der Waals surface area contributed by atoms with Crippen molar-refractivity contribution in [2.24, 2.45) is 5.73 Å². The second-order valence-electron chi connectivity index (χ2n) is 3.28. The molecule has 2 heterocycles. The number of nitrogens with two attached hydrogens (primary N) is 1. The third kappa shape index (κ3) is 1.78. The number of hydrogen-bond acceptors (Lipinski definition) is 4. The number of nitrogens with zero attached hydrogens (tertiary/aromatic N) is 3. The molecule has 0 atom stereocenters. The highest BCUT2D eigenvalue weighted by Crippen LogP contribution is 2.16. The molecule has 0 amide bonds. The van der Waals surface area contributed by atoms with Crippen LogP contribution < -0.4 is 10.6 Å². The molecule has 1 aromatic rings. The topological polar surface area (TPSA) is 55.0 Å². The maximum absolute atomic E-state index is 5.44. The number of rotatable bonds is 2. The van der Waals surface area contributed by atoms with E-state index < -0.39 is 0 Å². The minimum Gasteiger partial charge on any atom is -0.355 e. The highest BCUT2D eigenvalue weighted by atomic mass is 15.3. The zero-order valence-corrected chi connectivity index (χ0v) is 7.61. The van der Waals surface area contributed by atoms with Gasteiger partial charge in [0.05, 0.1) is 5.69 Å². The van der Waals surface area contributed by atoms with E-state index in [-0.39, 0.29) is 0 Å². The zero-order chi connectivity index (χ0) is 9.10. The van der Waals surface area contributed by atoms with Gasteiger partial charge in [0.2, 0.25) is 0 Å². The van der Waals surface area contributed by atoms with E-state index >= 15 is 0 Å². The van der Waals surface area contributed by atoms with Gasteiger partial charge in [-0.1, -0.05) is 0 Å². The molecule has 4 nitrogen and oxygen atoms in total. The summed E-state index contributed by atoms with van der Waals surface area (Å²) in [5.74, 6) is 0.981. The molecule has 0 spiro atoms. The summed E-state index contributed by atoms with van der Waals surface area (Å²) in [6.45, 7) is 2.68. The molecule has 2 N–H and O–H groups in total. The monoisotopic (exact) mass is 178 g/mol. The van der Waals surface area contributed by atoms with Gasteiger partial charge in [0.15, 0.2) is 5.82 Å². The first-order valence-electron chi connectivity index (χ1n) is 4.68. The molecule has 1 aromatic heterocycles. The first-order chi connectivity index (χ1) is 6.40. The van der Waals surface area contributed by atoms with Crippen LogP contribution in [0, 0.1) is 0 Å². The molecule has 0 aromatic carbocycles. The predicted molar refractivity (Wildman–Crippen MR) is 51.4 cm³/mol. The lowest BCUT2D eigenvalue weighted by Gasteiger charge is -2.14. The van der Waals surface area contributed by atoms with Gasteiger partial charge in [-0.2, -0.15) is 5.10 Å². The maximum Gasteiger partial charge on any atom is 0.151 e. The first-order valence-corrected chi connectivity index (χ1v) is 4.68. The molecule has 70 valence electrons. The van der Waals surface area contributed by atoms with Crippen LogP contribution in [0.3, 0.4) is 0 Å². The quantitative estimate of drug-likeness (QED) is 0.718. The van der Waals surface area contributed by atoms with Crippen LogP contribution >= 0.6 is 0 Å². The Morgan fingerprint density at radius 1 is 1.23 bits per heavy atom. The molecule has 2 rings (SSSR count). The fourth-order valence-corrected chi connectivity index (χ4v) is 1.58. The highest BCUT2D eigenvalue weighted by Gasteiger charge is 2.13. The van der Waals surface area contributed by atoms with E-state index in [1.165, 1.54) is 12.8 Å². The molecular weight excluding hydrogens is 164 g/mol. The van der Waals surface area contributed by atoms with E-state index in [0.717, 1.165) is 24.6 Å². The highest BCUT2D eigenvalue weighted by molar-refractivity contribution is 5.38. The lowest BCUT2D eigenvalue weighted by molar-refractivity contribution is 0.851. The second-order valence-corrected chi connectivity index (χ2v) is 3.28. The second kappa shape index (κ2) is 3.70. The summed E-state index contributed by atoms with van der Waals surface area (Å²) >= 11 is 0. The van der Waals surface area contributed by atoms with Crippen molar-refractivity contribution in [3.05, 3.63) is 17.8 Å². The van der Waals surface area contributed by atoms with E-state index in [1.807, 2.05) is 12.1 Å². The van der Waals surface area contributed by atoms with Crippen molar-refractivity contribution in [1.29, 1.82) is 0 Å². The Morgan fingerprint density at radius 2 is 2.00 bits per heavy atom. The van der Waals surface area contributed by atoms with Gasteiger partial charge in [0.25, 0.3) is 0 Å². The molecule has 0 unspecified atom stereocenters. The fraction of sp³-hybridized carbons (Fsp3) is 0.556. The van der Waals surface area contributed by atoms with Gasteiger partial charge >= 0.3 is 0 Å².